The quantitative estimate of drug-likeness (QED) is 0.562. The maximum Gasteiger partial charge on any atom is 0.230 e. The first kappa shape index (κ1) is 21.1. The standard InChI is InChI=1S/C22H25FN4OS2/c1-16-2-7-19-20(14-16)30-22(25-19)27-12-10-26(11-13-27)9-8-24-21(28)15-29-18-5-3-17(23)4-6-18/h2-7,14H,8-13,15H2,1H3,(H,24,28). The van der Waals surface area contributed by atoms with Crippen molar-refractivity contribution in [1.82, 2.24) is 15.2 Å². The second-order valence-electron chi connectivity index (χ2n) is 7.39. The number of aryl methyl sites for hydroxylation is 1. The van der Waals surface area contributed by atoms with Crippen molar-refractivity contribution in [3.05, 3.63) is 53.8 Å². The van der Waals surface area contributed by atoms with Crippen molar-refractivity contribution < 1.29 is 9.18 Å². The van der Waals surface area contributed by atoms with E-state index in [4.69, 9.17) is 4.98 Å². The molecule has 30 heavy (non-hydrogen) atoms. The Balaban J connectivity index is 1.16. The number of fused-ring (bicyclic) bond motifs is 1. The number of aromatic nitrogens is 1. The van der Waals surface area contributed by atoms with Gasteiger partial charge in [0.15, 0.2) is 5.13 Å². The fourth-order valence-corrected chi connectivity index (χ4v) is 5.25. The summed E-state index contributed by atoms with van der Waals surface area (Å²) in [6.07, 6.45) is 0. The summed E-state index contributed by atoms with van der Waals surface area (Å²) in [6, 6.07) is 12.6. The Labute approximate surface area is 184 Å². The zero-order valence-corrected chi connectivity index (χ0v) is 18.6. The highest BCUT2D eigenvalue weighted by atomic mass is 32.2. The number of carbonyl (C=O) groups is 1. The molecule has 0 radical (unpaired) electrons. The number of halogens is 1. The number of piperazine rings is 1. The van der Waals surface area contributed by atoms with Crippen LogP contribution in [0.2, 0.25) is 0 Å². The second kappa shape index (κ2) is 9.76. The first-order valence-electron chi connectivity index (χ1n) is 10.1. The number of amides is 1. The highest BCUT2D eigenvalue weighted by Gasteiger charge is 2.19. The van der Waals surface area contributed by atoms with Gasteiger partial charge in [0.25, 0.3) is 0 Å². The number of nitrogens with one attached hydrogen (secondary N) is 1. The predicted octanol–water partition coefficient (Wildman–Crippen LogP) is 3.77. The van der Waals surface area contributed by atoms with Crippen LogP contribution in [0.4, 0.5) is 9.52 Å². The molecule has 2 aromatic carbocycles. The van der Waals surface area contributed by atoms with Gasteiger partial charge in [-0.15, -0.1) is 11.8 Å². The molecular weight excluding hydrogens is 419 g/mol. The lowest BCUT2D eigenvalue weighted by Gasteiger charge is -2.34. The van der Waals surface area contributed by atoms with Crippen molar-refractivity contribution in [1.29, 1.82) is 0 Å². The normalized spacial score (nSPS) is 14.9. The predicted molar refractivity (Wildman–Crippen MR) is 123 cm³/mol. The Hall–Kier alpha value is -2.16. The minimum atomic E-state index is -0.262. The van der Waals surface area contributed by atoms with Gasteiger partial charge in [0.1, 0.15) is 5.82 Å². The van der Waals surface area contributed by atoms with Crippen LogP contribution in [0.5, 0.6) is 0 Å². The van der Waals surface area contributed by atoms with E-state index in [1.807, 2.05) is 0 Å². The molecule has 0 unspecified atom stereocenters. The van der Waals surface area contributed by atoms with Gasteiger partial charge in [0.05, 0.1) is 16.0 Å². The van der Waals surface area contributed by atoms with Crippen LogP contribution in [0.3, 0.4) is 0 Å². The topological polar surface area (TPSA) is 48.5 Å². The molecule has 158 valence electrons. The van der Waals surface area contributed by atoms with Gasteiger partial charge < -0.3 is 10.2 Å². The van der Waals surface area contributed by atoms with E-state index in [0.717, 1.165) is 48.3 Å². The summed E-state index contributed by atoms with van der Waals surface area (Å²) in [5, 5.41) is 4.08. The van der Waals surface area contributed by atoms with Crippen LogP contribution in [0.15, 0.2) is 47.4 Å². The summed E-state index contributed by atoms with van der Waals surface area (Å²) in [4.78, 5) is 22.4. The van der Waals surface area contributed by atoms with Crippen molar-refractivity contribution in [2.45, 2.75) is 11.8 Å². The number of thioether (sulfide) groups is 1. The van der Waals surface area contributed by atoms with Gasteiger partial charge in [-0.3, -0.25) is 9.69 Å². The van der Waals surface area contributed by atoms with Gasteiger partial charge >= 0.3 is 0 Å². The summed E-state index contributed by atoms with van der Waals surface area (Å²) in [5.74, 6) is 0.0890. The van der Waals surface area contributed by atoms with Crippen LogP contribution in [-0.2, 0) is 4.79 Å². The fourth-order valence-electron chi connectivity index (χ4n) is 3.40. The minimum Gasteiger partial charge on any atom is -0.354 e. The molecule has 0 atom stereocenters. The number of benzene rings is 2. The number of rotatable bonds is 7. The highest BCUT2D eigenvalue weighted by molar-refractivity contribution is 8.00. The van der Waals surface area contributed by atoms with E-state index in [0.29, 0.717) is 12.3 Å². The third-order valence-electron chi connectivity index (χ3n) is 5.11. The molecule has 1 aliphatic heterocycles. The lowest BCUT2D eigenvalue weighted by Crippen LogP contribution is -2.48. The van der Waals surface area contributed by atoms with Gasteiger partial charge in [0, 0.05) is 44.2 Å². The number of nitrogens with zero attached hydrogens (tertiary/aromatic N) is 3. The van der Waals surface area contributed by atoms with E-state index in [2.05, 4.69) is 40.2 Å². The van der Waals surface area contributed by atoms with E-state index in [1.54, 1.807) is 23.5 Å². The zero-order chi connectivity index (χ0) is 20.9. The third-order valence-corrected chi connectivity index (χ3v) is 7.20. The number of anilines is 1. The Bertz CT molecular complexity index is 1000. The average molecular weight is 445 g/mol. The first-order valence-corrected chi connectivity index (χ1v) is 11.9. The maximum absolute atomic E-state index is 12.9. The summed E-state index contributed by atoms with van der Waals surface area (Å²) >= 11 is 3.18. The molecule has 8 heteroatoms. The van der Waals surface area contributed by atoms with E-state index in [1.165, 1.54) is 34.2 Å². The molecular formula is C22H25FN4OS2. The van der Waals surface area contributed by atoms with Gasteiger partial charge in [-0.1, -0.05) is 17.4 Å². The van der Waals surface area contributed by atoms with Crippen LogP contribution in [0.25, 0.3) is 10.2 Å². The molecule has 1 fully saturated rings. The van der Waals surface area contributed by atoms with Gasteiger partial charge in [-0.05, 0) is 48.9 Å². The zero-order valence-electron chi connectivity index (χ0n) is 16.9. The minimum absolute atomic E-state index is 0.00716. The molecule has 3 aromatic rings. The monoisotopic (exact) mass is 444 g/mol. The highest BCUT2D eigenvalue weighted by Crippen LogP contribution is 2.30. The van der Waals surface area contributed by atoms with Crippen LogP contribution in [0.1, 0.15) is 5.56 Å². The molecule has 1 amide bonds. The van der Waals surface area contributed by atoms with Gasteiger partial charge in [-0.2, -0.15) is 0 Å². The number of carbonyl (C=O) groups excluding carboxylic acids is 1. The van der Waals surface area contributed by atoms with Crippen molar-refractivity contribution >= 4 is 44.4 Å². The Morgan fingerprint density at radius 3 is 2.70 bits per heavy atom. The van der Waals surface area contributed by atoms with Crippen LogP contribution in [-0.4, -0.2) is 60.8 Å². The molecule has 5 nitrogen and oxygen atoms in total. The smallest absolute Gasteiger partial charge is 0.230 e. The third kappa shape index (κ3) is 5.50. The van der Waals surface area contributed by atoms with Crippen molar-refractivity contribution in [3.63, 3.8) is 0 Å². The molecule has 1 saturated heterocycles. The molecule has 0 aliphatic carbocycles. The van der Waals surface area contributed by atoms with Crippen LogP contribution >= 0.6 is 23.1 Å². The van der Waals surface area contributed by atoms with E-state index in [-0.39, 0.29) is 11.7 Å². The largest absolute Gasteiger partial charge is 0.354 e. The van der Waals surface area contributed by atoms with E-state index >= 15 is 0 Å². The SMILES string of the molecule is Cc1ccc2nc(N3CCN(CCNC(=O)CSc4ccc(F)cc4)CC3)sc2c1. The Morgan fingerprint density at radius 2 is 1.93 bits per heavy atom. The lowest BCUT2D eigenvalue weighted by molar-refractivity contribution is -0.118. The summed E-state index contributed by atoms with van der Waals surface area (Å²) in [6.45, 7) is 7.44. The summed E-state index contributed by atoms with van der Waals surface area (Å²) < 4.78 is 14.2. The van der Waals surface area contributed by atoms with Gasteiger partial charge in [0.2, 0.25) is 5.91 Å². The first-order chi connectivity index (χ1) is 14.6. The average Bonchev–Trinajstić information content (AvgIpc) is 3.17. The molecule has 4 rings (SSSR count). The number of thiazole rings is 1. The van der Waals surface area contributed by atoms with Gasteiger partial charge in [-0.25, -0.2) is 9.37 Å². The molecule has 1 aromatic heterocycles. The summed E-state index contributed by atoms with van der Waals surface area (Å²) in [7, 11) is 0. The van der Waals surface area contributed by atoms with Crippen LogP contribution in [0, 0.1) is 12.7 Å². The molecule has 0 bridgehead atoms. The van der Waals surface area contributed by atoms with Crippen molar-refractivity contribution in [3.8, 4) is 0 Å². The fraction of sp³-hybridized carbons (Fsp3) is 0.364. The maximum atomic E-state index is 12.9. The van der Waals surface area contributed by atoms with Crippen molar-refractivity contribution in [2.75, 3.05) is 49.9 Å². The van der Waals surface area contributed by atoms with E-state index in [9.17, 15) is 9.18 Å². The molecule has 0 saturated carbocycles. The molecule has 0 spiro atoms. The molecule has 2 heterocycles. The van der Waals surface area contributed by atoms with Crippen molar-refractivity contribution in [2.24, 2.45) is 0 Å². The van der Waals surface area contributed by atoms with Crippen LogP contribution < -0.4 is 10.2 Å². The number of hydrogen-bond acceptors (Lipinski definition) is 6. The molecule has 1 aliphatic rings. The number of hydrogen-bond donors (Lipinski definition) is 1. The summed E-state index contributed by atoms with van der Waals surface area (Å²) in [5.41, 5.74) is 2.34. The Kier molecular flexibility index (Phi) is 6.86. The lowest BCUT2D eigenvalue weighted by atomic mass is 10.2. The van der Waals surface area contributed by atoms with E-state index < -0.39 is 0 Å². The second-order valence-corrected chi connectivity index (χ2v) is 9.45. The molecule has 1 N–H and O–H groups in total. The Morgan fingerprint density at radius 1 is 1.17 bits per heavy atom.